The Morgan fingerprint density at radius 1 is 0.833 bits per heavy atom. The summed E-state index contributed by atoms with van der Waals surface area (Å²) < 4.78 is 0. The molecule has 16 heteroatoms. The first kappa shape index (κ1) is 32.5. The summed E-state index contributed by atoms with van der Waals surface area (Å²) in [5.74, 6) is -5.73. The van der Waals surface area contributed by atoms with Gasteiger partial charge < -0.3 is 54.2 Å². The van der Waals surface area contributed by atoms with Crippen molar-refractivity contribution in [3.8, 4) is 0 Å². The van der Waals surface area contributed by atoms with Gasteiger partial charge in [-0.25, -0.2) is 4.79 Å². The molecular weight excluding hydrogens is 480 g/mol. The maximum absolute atomic E-state index is 13.0. The third kappa shape index (κ3) is 13.4. The van der Waals surface area contributed by atoms with E-state index in [4.69, 9.17) is 28.0 Å². The first-order valence-electron chi connectivity index (χ1n) is 11.3. The van der Waals surface area contributed by atoms with Crippen LogP contribution in [0.25, 0.3) is 0 Å². The minimum atomic E-state index is -1.74. The highest BCUT2D eigenvalue weighted by Crippen LogP contribution is 2.06. The van der Waals surface area contributed by atoms with Crippen LogP contribution in [-0.2, 0) is 24.0 Å². The van der Waals surface area contributed by atoms with Crippen LogP contribution in [-0.4, -0.2) is 94.3 Å². The first-order valence-corrected chi connectivity index (χ1v) is 11.3. The van der Waals surface area contributed by atoms with Gasteiger partial charge in [0.2, 0.25) is 17.7 Å². The Morgan fingerprint density at radius 3 is 1.78 bits per heavy atom. The van der Waals surface area contributed by atoms with E-state index in [0.29, 0.717) is 19.4 Å². The second kappa shape index (κ2) is 17.0. The lowest BCUT2D eigenvalue weighted by molar-refractivity contribution is -0.147. The first-order chi connectivity index (χ1) is 16.8. The molecule has 5 atom stereocenters. The second-order valence-corrected chi connectivity index (χ2v) is 8.12. The molecule has 14 N–H and O–H groups in total. The normalized spacial score (nSPS) is 14.9. The van der Waals surface area contributed by atoms with E-state index in [-0.39, 0.29) is 31.8 Å². The number of aliphatic carboxylic acids is 2. The van der Waals surface area contributed by atoms with Gasteiger partial charge in [-0.1, -0.05) is 0 Å². The summed E-state index contributed by atoms with van der Waals surface area (Å²) in [5.41, 5.74) is 21.6. The lowest BCUT2D eigenvalue weighted by atomic mass is 10.0. The average Bonchev–Trinajstić information content (AvgIpc) is 2.78. The van der Waals surface area contributed by atoms with Gasteiger partial charge in [0.1, 0.15) is 24.2 Å². The van der Waals surface area contributed by atoms with Gasteiger partial charge in [-0.2, -0.15) is 0 Å². The fourth-order valence-corrected chi connectivity index (χ4v) is 2.94. The maximum atomic E-state index is 13.0. The molecule has 0 heterocycles. The Bertz CT molecular complexity index is 788. The predicted molar refractivity (Wildman–Crippen MR) is 128 cm³/mol. The number of aliphatic hydroxyl groups excluding tert-OH is 1. The van der Waals surface area contributed by atoms with Crippen LogP contribution in [0.5, 0.6) is 0 Å². The van der Waals surface area contributed by atoms with Crippen molar-refractivity contribution in [3.63, 3.8) is 0 Å². The monoisotopic (exact) mass is 518 g/mol. The molecular formula is C20H38N8O8. The molecule has 0 saturated carbocycles. The molecule has 0 radical (unpaired) electrons. The number of nitrogens with one attached hydrogen (secondary N) is 3. The summed E-state index contributed by atoms with van der Waals surface area (Å²) in [5, 5.41) is 34.6. The fourth-order valence-electron chi connectivity index (χ4n) is 2.94. The minimum Gasteiger partial charge on any atom is -0.481 e. The molecule has 0 aromatic rings. The van der Waals surface area contributed by atoms with Crippen molar-refractivity contribution in [3.05, 3.63) is 0 Å². The quantitative estimate of drug-likeness (QED) is 0.0470. The molecule has 16 nitrogen and oxygen atoms in total. The third-order valence-electron chi connectivity index (χ3n) is 4.97. The fraction of sp³-hybridized carbons (Fsp3) is 0.700. The number of aliphatic hydroxyl groups is 1. The molecule has 0 aromatic carbocycles. The third-order valence-corrected chi connectivity index (χ3v) is 4.97. The molecule has 0 rings (SSSR count). The van der Waals surface area contributed by atoms with Crippen LogP contribution in [0.15, 0.2) is 4.99 Å². The van der Waals surface area contributed by atoms with Gasteiger partial charge in [-0.05, 0) is 45.6 Å². The zero-order valence-corrected chi connectivity index (χ0v) is 20.2. The molecule has 0 bridgehead atoms. The van der Waals surface area contributed by atoms with Gasteiger partial charge in [0.05, 0.1) is 12.5 Å². The second-order valence-electron chi connectivity index (χ2n) is 8.12. The highest BCUT2D eigenvalue weighted by Gasteiger charge is 2.31. The summed E-state index contributed by atoms with van der Waals surface area (Å²) in [6.07, 6.45) is -0.784. The smallest absolute Gasteiger partial charge is 0.326 e. The van der Waals surface area contributed by atoms with Crippen LogP contribution in [0.1, 0.15) is 45.4 Å². The lowest BCUT2D eigenvalue weighted by Crippen LogP contribution is -2.58. The maximum Gasteiger partial charge on any atom is 0.326 e. The summed E-state index contributed by atoms with van der Waals surface area (Å²) in [7, 11) is 0. The number of hydrogen-bond donors (Lipinski definition) is 10. The van der Waals surface area contributed by atoms with E-state index in [1.54, 1.807) is 0 Å². The Balaban J connectivity index is 5.66. The van der Waals surface area contributed by atoms with Crippen LogP contribution in [0.4, 0.5) is 0 Å². The zero-order valence-electron chi connectivity index (χ0n) is 20.2. The summed E-state index contributed by atoms with van der Waals surface area (Å²) in [6, 6.07) is -5.49. The van der Waals surface area contributed by atoms with E-state index in [1.165, 1.54) is 6.92 Å². The van der Waals surface area contributed by atoms with Crippen LogP contribution in [0.3, 0.4) is 0 Å². The number of nitrogens with two attached hydrogens (primary N) is 4. The van der Waals surface area contributed by atoms with Crippen LogP contribution >= 0.6 is 0 Å². The molecule has 0 aliphatic rings. The van der Waals surface area contributed by atoms with Gasteiger partial charge >= 0.3 is 11.9 Å². The molecule has 206 valence electrons. The van der Waals surface area contributed by atoms with Crippen molar-refractivity contribution in [2.75, 3.05) is 13.1 Å². The molecule has 0 fully saturated rings. The van der Waals surface area contributed by atoms with E-state index in [9.17, 15) is 34.2 Å². The molecule has 0 saturated heterocycles. The number of aliphatic imine (C=N–C) groups is 1. The van der Waals surface area contributed by atoms with Crippen LogP contribution in [0.2, 0.25) is 0 Å². The molecule has 5 unspecified atom stereocenters. The molecule has 0 aliphatic carbocycles. The predicted octanol–water partition coefficient (Wildman–Crippen LogP) is -4.11. The van der Waals surface area contributed by atoms with Crippen molar-refractivity contribution in [2.24, 2.45) is 27.9 Å². The Morgan fingerprint density at radius 2 is 1.33 bits per heavy atom. The topological polar surface area (TPSA) is 299 Å². The van der Waals surface area contributed by atoms with Gasteiger partial charge in [-0.3, -0.25) is 24.2 Å². The number of carboxylic acid groups (broad SMARTS) is 2. The number of carboxylic acids is 2. The SMILES string of the molecule is CC(O)C(N)C(=O)NC(CCCCN)C(=O)NC(CCCN=C(N)N)C(=O)NC(CC(=O)O)C(=O)O. The zero-order chi connectivity index (χ0) is 27.8. The number of guanidine groups is 1. The number of hydrogen-bond acceptors (Lipinski definition) is 9. The van der Waals surface area contributed by atoms with Crippen molar-refractivity contribution in [1.29, 1.82) is 0 Å². The van der Waals surface area contributed by atoms with E-state index in [1.807, 2.05) is 0 Å². The highest BCUT2D eigenvalue weighted by atomic mass is 16.4. The Hall–Kier alpha value is -3.50. The number of carbonyl (C=O) groups is 5. The van der Waals surface area contributed by atoms with E-state index >= 15 is 0 Å². The summed E-state index contributed by atoms with van der Waals surface area (Å²) in [4.78, 5) is 64.1. The number of carbonyl (C=O) groups excluding carboxylic acids is 3. The van der Waals surface area contributed by atoms with E-state index < -0.39 is 66.4 Å². The van der Waals surface area contributed by atoms with E-state index in [0.717, 1.165) is 0 Å². The molecule has 0 spiro atoms. The van der Waals surface area contributed by atoms with Gasteiger partial charge in [0.25, 0.3) is 0 Å². The summed E-state index contributed by atoms with van der Waals surface area (Å²) in [6.45, 7) is 1.74. The highest BCUT2D eigenvalue weighted by molar-refractivity contribution is 5.94. The van der Waals surface area contributed by atoms with Gasteiger partial charge in [0.15, 0.2) is 5.96 Å². The van der Waals surface area contributed by atoms with Crippen LogP contribution in [0, 0.1) is 0 Å². The van der Waals surface area contributed by atoms with Crippen molar-refractivity contribution >= 4 is 35.6 Å². The van der Waals surface area contributed by atoms with Crippen molar-refractivity contribution < 1.29 is 39.3 Å². The number of rotatable bonds is 18. The summed E-state index contributed by atoms with van der Waals surface area (Å²) >= 11 is 0. The number of amides is 3. The molecule has 36 heavy (non-hydrogen) atoms. The lowest BCUT2D eigenvalue weighted by Gasteiger charge is -2.25. The standard InChI is InChI=1S/C20H38N8O8/c1-10(29)15(22)18(34)27-11(5-2-3-7-21)16(32)26-12(6-4-8-25-20(23)24)17(33)28-13(19(35)36)9-14(30)31/h10-13,15,29H,2-9,21-22H2,1H3,(H,26,32)(H,27,34)(H,28,33)(H,30,31)(H,35,36)(H4,23,24,25). The van der Waals surface area contributed by atoms with Crippen molar-refractivity contribution in [2.45, 2.75) is 75.7 Å². The largest absolute Gasteiger partial charge is 0.481 e. The molecule has 0 aliphatic heterocycles. The molecule has 3 amide bonds. The molecule has 0 aromatic heterocycles. The number of nitrogens with zero attached hydrogens (tertiary/aromatic N) is 1. The Kier molecular flexibility index (Phi) is 15.4. The minimum absolute atomic E-state index is 0.0373. The van der Waals surface area contributed by atoms with Crippen LogP contribution < -0.4 is 38.9 Å². The Labute approximate surface area is 208 Å². The van der Waals surface area contributed by atoms with E-state index in [2.05, 4.69) is 20.9 Å². The van der Waals surface area contributed by atoms with Gasteiger partial charge in [0, 0.05) is 6.54 Å². The number of unbranched alkanes of at least 4 members (excludes halogenated alkanes) is 1. The van der Waals surface area contributed by atoms with Crippen molar-refractivity contribution in [1.82, 2.24) is 16.0 Å². The average molecular weight is 519 g/mol. The van der Waals surface area contributed by atoms with Gasteiger partial charge in [-0.15, -0.1) is 0 Å².